The number of anilines is 1. The van der Waals surface area contributed by atoms with E-state index < -0.39 is 0 Å². The fourth-order valence-electron chi connectivity index (χ4n) is 2.57. The average Bonchev–Trinajstić information content (AvgIpc) is 2.94. The van der Waals surface area contributed by atoms with E-state index in [9.17, 15) is 5.11 Å². The molecule has 0 fully saturated rings. The van der Waals surface area contributed by atoms with Crippen molar-refractivity contribution < 1.29 is 9.84 Å². The maximum atomic E-state index is 9.18. The van der Waals surface area contributed by atoms with E-state index in [0.29, 0.717) is 0 Å². The number of ether oxygens (including phenoxy) is 1. The molecule has 0 bridgehead atoms. The van der Waals surface area contributed by atoms with Crippen molar-refractivity contribution in [3.8, 4) is 5.75 Å². The van der Waals surface area contributed by atoms with Crippen LogP contribution in [0.15, 0.2) is 42.5 Å². The minimum Gasteiger partial charge on any atom is -0.493 e. The maximum absolute atomic E-state index is 9.18. The summed E-state index contributed by atoms with van der Waals surface area (Å²) in [5, 5.41) is 12.6. The summed E-state index contributed by atoms with van der Waals surface area (Å²) in [4.78, 5) is 0. The third-order valence-electron chi connectivity index (χ3n) is 3.71. The average molecular weight is 269 g/mol. The molecule has 1 aliphatic heterocycles. The van der Waals surface area contributed by atoms with Crippen molar-refractivity contribution in [3.63, 3.8) is 0 Å². The van der Waals surface area contributed by atoms with Crippen molar-refractivity contribution >= 4 is 5.69 Å². The van der Waals surface area contributed by atoms with E-state index in [1.807, 2.05) is 24.3 Å². The van der Waals surface area contributed by atoms with Crippen LogP contribution in [0.5, 0.6) is 5.75 Å². The van der Waals surface area contributed by atoms with Crippen LogP contribution in [-0.4, -0.2) is 11.7 Å². The Morgan fingerprint density at radius 3 is 3.00 bits per heavy atom. The van der Waals surface area contributed by atoms with Gasteiger partial charge in [-0.2, -0.15) is 0 Å². The Kier molecular flexibility index (Phi) is 3.61. The zero-order chi connectivity index (χ0) is 13.9. The van der Waals surface area contributed by atoms with Crippen LogP contribution in [0, 0.1) is 0 Å². The Hall–Kier alpha value is -2.00. The summed E-state index contributed by atoms with van der Waals surface area (Å²) >= 11 is 0. The van der Waals surface area contributed by atoms with Gasteiger partial charge in [0.1, 0.15) is 5.75 Å². The number of aliphatic hydroxyl groups is 1. The molecule has 0 spiro atoms. The molecule has 1 unspecified atom stereocenters. The molecule has 0 saturated carbocycles. The van der Waals surface area contributed by atoms with Gasteiger partial charge in [0.2, 0.25) is 0 Å². The lowest BCUT2D eigenvalue weighted by Crippen LogP contribution is -2.07. The molecular formula is C17H19NO2. The van der Waals surface area contributed by atoms with Crippen LogP contribution in [0.25, 0.3) is 0 Å². The predicted molar refractivity (Wildman–Crippen MR) is 80.0 cm³/mol. The first kappa shape index (κ1) is 13.0. The van der Waals surface area contributed by atoms with Crippen molar-refractivity contribution in [2.75, 3.05) is 11.9 Å². The lowest BCUT2D eigenvalue weighted by molar-refractivity contribution is 0.282. The molecule has 20 heavy (non-hydrogen) atoms. The molecule has 0 aliphatic carbocycles. The highest BCUT2D eigenvalue weighted by Crippen LogP contribution is 2.29. The monoisotopic (exact) mass is 269 g/mol. The second kappa shape index (κ2) is 5.55. The Morgan fingerprint density at radius 2 is 2.15 bits per heavy atom. The molecule has 3 rings (SSSR count). The molecular weight excluding hydrogens is 250 g/mol. The highest BCUT2D eigenvalue weighted by atomic mass is 16.5. The molecule has 2 aromatic rings. The highest BCUT2D eigenvalue weighted by molar-refractivity contribution is 5.49. The highest BCUT2D eigenvalue weighted by Gasteiger charge is 2.14. The first-order valence-electron chi connectivity index (χ1n) is 6.98. The number of nitrogens with one attached hydrogen (secondary N) is 1. The van der Waals surface area contributed by atoms with Gasteiger partial charge >= 0.3 is 0 Å². The van der Waals surface area contributed by atoms with Gasteiger partial charge in [-0.15, -0.1) is 0 Å². The second-order valence-electron chi connectivity index (χ2n) is 5.19. The molecule has 0 amide bonds. The lowest BCUT2D eigenvalue weighted by Gasteiger charge is -2.17. The molecule has 2 N–H and O–H groups in total. The largest absolute Gasteiger partial charge is 0.493 e. The third kappa shape index (κ3) is 2.63. The maximum Gasteiger partial charge on any atom is 0.122 e. The SMILES string of the molecule is CC(Nc1cccc(CO)c1)c1ccc2c(c1)CCO2. The molecule has 104 valence electrons. The van der Waals surface area contributed by atoms with Crippen molar-refractivity contribution in [2.24, 2.45) is 0 Å². The standard InChI is InChI=1S/C17H19NO2/c1-12(18-16-4-2-3-13(9-16)11-19)14-5-6-17-15(10-14)7-8-20-17/h2-6,9-10,12,18-19H,7-8,11H2,1H3. The summed E-state index contributed by atoms with van der Waals surface area (Å²) in [6, 6.07) is 14.5. The van der Waals surface area contributed by atoms with Gasteiger partial charge in [-0.25, -0.2) is 0 Å². The predicted octanol–water partition coefficient (Wildman–Crippen LogP) is 3.29. The molecule has 0 radical (unpaired) electrons. The number of fused-ring (bicyclic) bond motifs is 1. The zero-order valence-electron chi connectivity index (χ0n) is 11.6. The molecule has 1 aliphatic rings. The molecule has 3 heteroatoms. The first-order chi connectivity index (χ1) is 9.76. The molecule has 1 heterocycles. The van der Waals surface area contributed by atoms with Crippen LogP contribution in [0.2, 0.25) is 0 Å². The van der Waals surface area contributed by atoms with Gasteiger partial charge in [0, 0.05) is 18.2 Å². The van der Waals surface area contributed by atoms with Crippen LogP contribution >= 0.6 is 0 Å². The van der Waals surface area contributed by atoms with E-state index in [2.05, 4.69) is 30.4 Å². The van der Waals surface area contributed by atoms with Crippen LogP contribution in [-0.2, 0) is 13.0 Å². The number of rotatable bonds is 4. The normalized spacial score (nSPS) is 14.5. The third-order valence-corrected chi connectivity index (χ3v) is 3.71. The first-order valence-corrected chi connectivity index (χ1v) is 6.98. The van der Waals surface area contributed by atoms with Crippen LogP contribution in [0.3, 0.4) is 0 Å². The van der Waals surface area contributed by atoms with Crippen molar-refractivity contribution in [1.82, 2.24) is 0 Å². The van der Waals surface area contributed by atoms with Gasteiger partial charge < -0.3 is 15.2 Å². The van der Waals surface area contributed by atoms with E-state index in [-0.39, 0.29) is 12.6 Å². The molecule has 2 aromatic carbocycles. The molecule has 3 nitrogen and oxygen atoms in total. The van der Waals surface area contributed by atoms with Gasteiger partial charge in [-0.3, -0.25) is 0 Å². The molecule has 0 saturated heterocycles. The Morgan fingerprint density at radius 1 is 1.25 bits per heavy atom. The van der Waals surface area contributed by atoms with Gasteiger partial charge in [0.25, 0.3) is 0 Å². The van der Waals surface area contributed by atoms with Gasteiger partial charge in [0.15, 0.2) is 0 Å². The Balaban J connectivity index is 1.77. The van der Waals surface area contributed by atoms with Gasteiger partial charge in [-0.1, -0.05) is 18.2 Å². The van der Waals surface area contributed by atoms with Gasteiger partial charge in [-0.05, 0) is 47.9 Å². The van der Waals surface area contributed by atoms with Crippen molar-refractivity contribution in [1.29, 1.82) is 0 Å². The van der Waals surface area contributed by atoms with Crippen molar-refractivity contribution in [2.45, 2.75) is 26.0 Å². The van der Waals surface area contributed by atoms with E-state index in [1.54, 1.807) is 0 Å². The summed E-state index contributed by atoms with van der Waals surface area (Å²) in [6.07, 6.45) is 0.996. The molecule has 0 aromatic heterocycles. The zero-order valence-corrected chi connectivity index (χ0v) is 11.6. The number of hydrogen-bond donors (Lipinski definition) is 2. The second-order valence-corrected chi connectivity index (χ2v) is 5.19. The topological polar surface area (TPSA) is 41.5 Å². The molecule has 1 atom stereocenters. The number of aliphatic hydroxyl groups excluding tert-OH is 1. The quantitative estimate of drug-likeness (QED) is 0.895. The smallest absolute Gasteiger partial charge is 0.122 e. The van der Waals surface area contributed by atoms with E-state index in [1.165, 1.54) is 11.1 Å². The van der Waals surface area contributed by atoms with Crippen LogP contribution in [0.1, 0.15) is 29.7 Å². The van der Waals surface area contributed by atoms with E-state index in [4.69, 9.17) is 4.74 Å². The van der Waals surface area contributed by atoms with Gasteiger partial charge in [0.05, 0.1) is 13.2 Å². The number of hydrogen-bond acceptors (Lipinski definition) is 3. The fourth-order valence-corrected chi connectivity index (χ4v) is 2.57. The summed E-state index contributed by atoms with van der Waals surface area (Å²) in [6.45, 7) is 3.00. The summed E-state index contributed by atoms with van der Waals surface area (Å²) in [7, 11) is 0. The summed E-state index contributed by atoms with van der Waals surface area (Å²) < 4.78 is 5.53. The summed E-state index contributed by atoms with van der Waals surface area (Å²) in [5.41, 5.74) is 4.49. The lowest BCUT2D eigenvalue weighted by atomic mass is 10.0. The minimum absolute atomic E-state index is 0.0695. The van der Waals surface area contributed by atoms with E-state index >= 15 is 0 Å². The minimum atomic E-state index is 0.0695. The van der Waals surface area contributed by atoms with Crippen LogP contribution in [0.4, 0.5) is 5.69 Å². The van der Waals surface area contributed by atoms with Crippen LogP contribution < -0.4 is 10.1 Å². The Bertz CT molecular complexity index is 610. The Labute approximate surface area is 119 Å². The number of benzene rings is 2. The van der Waals surface area contributed by atoms with Crippen molar-refractivity contribution in [3.05, 3.63) is 59.2 Å². The summed E-state index contributed by atoms with van der Waals surface area (Å²) in [5.74, 6) is 1.02. The fraction of sp³-hybridized carbons (Fsp3) is 0.294. The van der Waals surface area contributed by atoms with E-state index in [0.717, 1.165) is 30.0 Å².